The average Bonchev–Trinajstić information content (AvgIpc) is 2.73. The van der Waals surface area contributed by atoms with Crippen LogP contribution in [0.2, 0.25) is 0 Å². The highest BCUT2D eigenvalue weighted by Gasteiger charge is 2.24. The van der Waals surface area contributed by atoms with Crippen molar-refractivity contribution in [3.63, 3.8) is 0 Å². The number of likely N-dealkylation sites (N-methyl/N-ethyl adjacent to an activating group) is 2. The Bertz CT molecular complexity index is 1000. The predicted octanol–water partition coefficient (Wildman–Crippen LogP) is 2.64. The molecule has 0 atom stereocenters. The summed E-state index contributed by atoms with van der Waals surface area (Å²) in [4.78, 5) is 14.3. The minimum absolute atomic E-state index is 0.189. The van der Waals surface area contributed by atoms with Crippen molar-refractivity contribution in [2.45, 2.75) is 25.2 Å². The van der Waals surface area contributed by atoms with Gasteiger partial charge in [0.15, 0.2) is 11.5 Å². The van der Waals surface area contributed by atoms with Crippen molar-refractivity contribution in [1.82, 2.24) is 9.21 Å². The molecule has 0 bridgehead atoms. The maximum atomic E-state index is 12.8. The molecule has 1 amide bonds. The molecule has 164 valence electrons. The van der Waals surface area contributed by atoms with Gasteiger partial charge in [-0.1, -0.05) is 12.1 Å². The number of amides is 1. The lowest BCUT2D eigenvalue weighted by Gasteiger charge is -2.22. The zero-order chi connectivity index (χ0) is 22.5. The molecule has 2 rings (SSSR count). The van der Waals surface area contributed by atoms with Crippen LogP contribution in [0.15, 0.2) is 41.3 Å². The van der Waals surface area contributed by atoms with Gasteiger partial charge in [-0.3, -0.25) is 4.79 Å². The molecule has 0 aliphatic carbocycles. The number of benzene rings is 2. The van der Waals surface area contributed by atoms with Gasteiger partial charge in [0.25, 0.3) is 0 Å². The maximum absolute atomic E-state index is 12.8. The quantitative estimate of drug-likeness (QED) is 0.606. The van der Waals surface area contributed by atoms with Crippen LogP contribution in [0.1, 0.15) is 16.7 Å². The molecule has 0 aromatic heterocycles. The van der Waals surface area contributed by atoms with Crippen LogP contribution in [-0.4, -0.2) is 64.9 Å². The second-order valence-corrected chi connectivity index (χ2v) is 9.31. The van der Waals surface area contributed by atoms with Crippen LogP contribution in [0.5, 0.6) is 11.5 Å². The van der Waals surface area contributed by atoms with Crippen LogP contribution in [0.25, 0.3) is 0 Å². The normalized spacial score (nSPS) is 11.4. The fraction of sp³-hybridized carbons (Fsp3) is 0.409. The van der Waals surface area contributed by atoms with E-state index >= 15 is 0 Å². The van der Waals surface area contributed by atoms with Crippen molar-refractivity contribution < 1.29 is 22.7 Å². The minimum Gasteiger partial charge on any atom is -0.493 e. The Kier molecular flexibility index (Phi) is 7.86. The van der Waals surface area contributed by atoms with Crippen LogP contribution in [-0.2, 0) is 21.2 Å². The summed E-state index contributed by atoms with van der Waals surface area (Å²) in [6.07, 6.45) is 0.607. The van der Waals surface area contributed by atoms with Gasteiger partial charge in [0.1, 0.15) is 0 Å². The Morgan fingerprint density at radius 1 is 0.933 bits per heavy atom. The number of hydrogen-bond donors (Lipinski definition) is 0. The highest BCUT2D eigenvalue weighted by atomic mass is 32.2. The van der Waals surface area contributed by atoms with Crippen LogP contribution in [0.3, 0.4) is 0 Å². The molecule has 30 heavy (non-hydrogen) atoms. The van der Waals surface area contributed by atoms with E-state index in [1.54, 1.807) is 39.5 Å². The topological polar surface area (TPSA) is 76.2 Å². The average molecular weight is 435 g/mol. The second kappa shape index (κ2) is 9.95. The smallest absolute Gasteiger partial charge is 0.243 e. The van der Waals surface area contributed by atoms with Gasteiger partial charge < -0.3 is 14.4 Å². The Morgan fingerprint density at radius 3 is 2.20 bits per heavy atom. The van der Waals surface area contributed by atoms with E-state index in [0.717, 1.165) is 21.0 Å². The highest BCUT2D eigenvalue weighted by molar-refractivity contribution is 7.89. The summed E-state index contributed by atoms with van der Waals surface area (Å²) in [7, 11) is 2.50. The number of sulfonamides is 1. The first kappa shape index (κ1) is 23.7. The van der Waals surface area contributed by atoms with E-state index in [-0.39, 0.29) is 17.3 Å². The molecule has 0 heterocycles. The summed E-state index contributed by atoms with van der Waals surface area (Å²) in [6.45, 7) is 4.01. The van der Waals surface area contributed by atoms with Crippen LogP contribution in [0, 0.1) is 13.8 Å². The molecule has 0 radical (unpaired) electrons. The number of carbonyl (C=O) groups excluding carboxylic acids is 1. The van der Waals surface area contributed by atoms with Crippen LogP contribution in [0.4, 0.5) is 0 Å². The van der Waals surface area contributed by atoms with Gasteiger partial charge in [-0.05, 0) is 61.2 Å². The number of carbonyl (C=O) groups is 1. The van der Waals surface area contributed by atoms with Crippen LogP contribution < -0.4 is 9.47 Å². The highest BCUT2D eigenvalue weighted by Crippen LogP contribution is 2.27. The van der Waals surface area contributed by atoms with Crippen molar-refractivity contribution in [3.05, 3.63) is 53.1 Å². The second-order valence-electron chi connectivity index (χ2n) is 7.26. The first-order chi connectivity index (χ1) is 14.1. The number of methoxy groups -OCH3 is 2. The molecule has 8 heteroatoms. The van der Waals surface area contributed by atoms with Gasteiger partial charge >= 0.3 is 0 Å². The van der Waals surface area contributed by atoms with E-state index in [9.17, 15) is 13.2 Å². The first-order valence-corrected chi connectivity index (χ1v) is 11.0. The number of aryl methyl sites for hydroxylation is 2. The molecule has 0 saturated heterocycles. The number of ether oxygens (including phenoxy) is 2. The van der Waals surface area contributed by atoms with Crippen molar-refractivity contribution in [1.29, 1.82) is 0 Å². The third-order valence-electron chi connectivity index (χ3n) is 5.15. The lowest BCUT2D eigenvalue weighted by atomic mass is 10.1. The zero-order valence-corrected chi connectivity index (χ0v) is 19.2. The largest absolute Gasteiger partial charge is 0.493 e. The molecule has 0 fully saturated rings. The van der Waals surface area contributed by atoms with E-state index in [4.69, 9.17) is 9.47 Å². The summed E-state index contributed by atoms with van der Waals surface area (Å²) in [5.74, 6) is 0.998. The molecule has 0 spiro atoms. The van der Waals surface area contributed by atoms with Gasteiger partial charge in [0, 0.05) is 20.6 Å². The van der Waals surface area contributed by atoms with Crippen molar-refractivity contribution in [2.75, 3.05) is 41.4 Å². The van der Waals surface area contributed by atoms with E-state index in [0.29, 0.717) is 24.5 Å². The number of rotatable bonds is 9. The van der Waals surface area contributed by atoms with E-state index < -0.39 is 10.0 Å². The third kappa shape index (κ3) is 5.52. The lowest BCUT2D eigenvalue weighted by Crippen LogP contribution is -2.40. The van der Waals surface area contributed by atoms with Crippen molar-refractivity contribution in [2.24, 2.45) is 0 Å². The maximum Gasteiger partial charge on any atom is 0.243 e. The predicted molar refractivity (Wildman–Crippen MR) is 117 cm³/mol. The van der Waals surface area contributed by atoms with E-state index in [1.807, 2.05) is 32.0 Å². The lowest BCUT2D eigenvalue weighted by molar-refractivity contribution is -0.129. The van der Waals surface area contributed by atoms with E-state index in [1.165, 1.54) is 11.9 Å². The van der Waals surface area contributed by atoms with Crippen molar-refractivity contribution >= 4 is 15.9 Å². The Balaban J connectivity index is 2.00. The summed E-state index contributed by atoms with van der Waals surface area (Å²) in [6, 6.07) is 10.6. The SMILES string of the molecule is COc1ccc(CCN(C)C(=O)CN(C)S(=O)(=O)c2ccc(C)c(C)c2)cc1OC. The summed E-state index contributed by atoms with van der Waals surface area (Å²) in [5, 5.41) is 0. The molecular weight excluding hydrogens is 404 g/mol. The molecular formula is C22H30N2O5S. The van der Waals surface area contributed by atoms with Gasteiger partial charge in [0.05, 0.1) is 25.7 Å². The molecule has 7 nitrogen and oxygen atoms in total. The summed E-state index contributed by atoms with van der Waals surface area (Å²) < 4.78 is 37.2. The molecule has 2 aromatic rings. The van der Waals surface area contributed by atoms with Crippen molar-refractivity contribution in [3.8, 4) is 11.5 Å². The van der Waals surface area contributed by atoms with Gasteiger partial charge in [-0.25, -0.2) is 8.42 Å². The van der Waals surface area contributed by atoms with Gasteiger partial charge in [-0.2, -0.15) is 4.31 Å². The van der Waals surface area contributed by atoms with Gasteiger partial charge in [0.2, 0.25) is 15.9 Å². The summed E-state index contributed by atoms with van der Waals surface area (Å²) in [5.41, 5.74) is 2.90. The third-order valence-corrected chi connectivity index (χ3v) is 6.95. The number of hydrogen-bond acceptors (Lipinski definition) is 5. The molecule has 0 N–H and O–H groups in total. The Hall–Kier alpha value is -2.58. The fourth-order valence-corrected chi connectivity index (χ4v) is 4.11. The fourth-order valence-electron chi connectivity index (χ4n) is 2.91. The minimum atomic E-state index is -3.74. The summed E-state index contributed by atoms with van der Waals surface area (Å²) >= 11 is 0. The Morgan fingerprint density at radius 2 is 1.60 bits per heavy atom. The monoisotopic (exact) mass is 434 g/mol. The standard InChI is InChI=1S/C22H30N2O5S/c1-16-7-9-19(13-17(16)2)30(26,27)24(4)15-22(25)23(3)12-11-18-8-10-20(28-5)21(14-18)29-6/h7-10,13-14H,11-12,15H2,1-6H3. The molecule has 0 saturated carbocycles. The molecule has 2 aromatic carbocycles. The van der Waals surface area contributed by atoms with E-state index in [2.05, 4.69) is 0 Å². The van der Waals surface area contributed by atoms with Gasteiger partial charge in [-0.15, -0.1) is 0 Å². The molecule has 0 aliphatic rings. The Labute approximate surface area is 179 Å². The van der Waals surface area contributed by atoms with Crippen LogP contribution >= 0.6 is 0 Å². The molecule has 0 aliphatic heterocycles. The zero-order valence-electron chi connectivity index (χ0n) is 18.4. The first-order valence-electron chi connectivity index (χ1n) is 9.58. The number of nitrogens with zero attached hydrogens (tertiary/aromatic N) is 2. The molecule has 0 unspecified atom stereocenters.